The maximum atomic E-state index is 5.57. The van der Waals surface area contributed by atoms with Gasteiger partial charge in [-0.15, -0.1) is 0 Å². The van der Waals surface area contributed by atoms with E-state index in [0.29, 0.717) is 5.82 Å². The van der Waals surface area contributed by atoms with Crippen molar-refractivity contribution in [2.75, 3.05) is 0 Å². The van der Waals surface area contributed by atoms with Gasteiger partial charge in [-0.05, 0) is 108 Å². The molecule has 62 heavy (non-hydrogen) atoms. The van der Waals surface area contributed by atoms with Crippen LogP contribution in [0.1, 0.15) is 0 Å². The minimum Gasteiger partial charge on any atom is -0.256 e. The van der Waals surface area contributed by atoms with E-state index in [2.05, 4.69) is 180 Å². The van der Waals surface area contributed by atoms with Gasteiger partial charge in [0.15, 0.2) is 5.82 Å². The first kappa shape index (κ1) is 35.6. The van der Waals surface area contributed by atoms with E-state index in [9.17, 15) is 0 Å². The molecule has 0 N–H and O–H groups in total. The molecule has 0 aliphatic rings. The zero-order chi connectivity index (χ0) is 41.0. The van der Waals surface area contributed by atoms with E-state index in [-0.39, 0.29) is 0 Å². The number of nitrogens with zero attached hydrogens (tertiary/aromatic N) is 4. The summed E-state index contributed by atoms with van der Waals surface area (Å²) >= 11 is 0. The topological polar surface area (TPSA) is 51.6 Å². The molecule has 9 aromatic carbocycles. The minimum absolute atomic E-state index is 0.657. The Morgan fingerprint density at radius 2 is 0.742 bits per heavy atom. The van der Waals surface area contributed by atoms with E-state index in [1.165, 1.54) is 43.1 Å². The first-order chi connectivity index (χ1) is 30.7. The number of fused-ring (bicyclic) bond motifs is 7. The SMILES string of the molecule is c1ccc(-c2ccc(-c3nc(-c4ccc(-c5ccccn5)cc4)c4cc(-c5cc6ccccc6c6ccccc56)cc(-c5cc6ccccc6c6ccccc56)c4n3)cc2)nc1. The van der Waals surface area contributed by atoms with Gasteiger partial charge in [-0.3, -0.25) is 9.97 Å². The Hall–Kier alpha value is -8.34. The van der Waals surface area contributed by atoms with Gasteiger partial charge in [0.05, 0.1) is 22.6 Å². The molecule has 0 unspecified atom stereocenters. The molecule has 12 rings (SSSR count). The number of benzene rings is 9. The lowest BCUT2D eigenvalue weighted by molar-refractivity contribution is 1.23. The highest BCUT2D eigenvalue weighted by atomic mass is 14.9. The van der Waals surface area contributed by atoms with E-state index < -0.39 is 0 Å². The Labute approximate surface area is 358 Å². The van der Waals surface area contributed by atoms with Gasteiger partial charge < -0.3 is 0 Å². The molecule has 288 valence electrons. The molecule has 0 amide bonds. The van der Waals surface area contributed by atoms with Crippen LogP contribution in [0.25, 0.3) is 121 Å². The highest BCUT2D eigenvalue weighted by Gasteiger charge is 2.21. The lowest BCUT2D eigenvalue weighted by atomic mass is 9.87. The summed E-state index contributed by atoms with van der Waals surface area (Å²) in [5, 5.41) is 10.6. The van der Waals surface area contributed by atoms with Crippen molar-refractivity contribution >= 4 is 54.0 Å². The highest BCUT2D eigenvalue weighted by Crippen LogP contribution is 2.44. The van der Waals surface area contributed by atoms with Gasteiger partial charge in [0.1, 0.15) is 0 Å². The Kier molecular flexibility index (Phi) is 8.46. The van der Waals surface area contributed by atoms with Crippen LogP contribution >= 0.6 is 0 Å². The van der Waals surface area contributed by atoms with E-state index in [0.717, 1.165) is 72.5 Å². The molecule has 4 nitrogen and oxygen atoms in total. The molecule has 3 heterocycles. The van der Waals surface area contributed by atoms with E-state index >= 15 is 0 Å². The van der Waals surface area contributed by atoms with Gasteiger partial charge in [0.25, 0.3) is 0 Å². The predicted molar refractivity (Wildman–Crippen MR) is 258 cm³/mol. The maximum absolute atomic E-state index is 5.57. The number of hydrogen-bond acceptors (Lipinski definition) is 4. The lowest BCUT2D eigenvalue weighted by Crippen LogP contribution is -1.99. The van der Waals surface area contributed by atoms with E-state index in [4.69, 9.17) is 9.97 Å². The maximum Gasteiger partial charge on any atom is 0.160 e. The first-order valence-electron chi connectivity index (χ1n) is 20.9. The van der Waals surface area contributed by atoms with Crippen LogP contribution in [0.5, 0.6) is 0 Å². The lowest BCUT2D eigenvalue weighted by Gasteiger charge is -2.18. The third-order valence-electron chi connectivity index (χ3n) is 12.2. The molecule has 0 spiro atoms. The highest BCUT2D eigenvalue weighted by molar-refractivity contribution is 6.19. The fraction of sp³-hybridized carbons (Fsp3) is 0. The number of hydrogen-bond donors (Lipinski definition) is 0. The fourth-order valence-corrected chi connectivity index (χ4v) is 9.17. The molecule has 0 radical (unpaired) electrons. The standard InChI is InChI=1S/C58H36N4/c1-3-15-44-41(13-1)33-50(48-19-7-5-17-46(44)48)43-35-52(51-34-42-14-2-4-16-45(42)47-18-6-8-20-49(47)51)57-53(36-43)56(39-27-23-37(24-28-39)54-21-9-11-31-59-54)61-58(62-57)40-29-25-38(26-30-40)55-22-10-12-32-60-55/h1-36H. The van der Waals surface area contributed by atoms with Crippen LogP contribution in [0.3, 0.4) is 0 Å². The molecule has 12 aromatic rings. The summed E-state index contributed by atoms with van der Waals surface area (Å²) < 4.78 is 0. The molecule has 0 saturated carbocycles. The zero-order valence-corrected chi connectivity index (χ0v) is 33.6. The molecule has 0 aliphatic carbocycles. The van der Waals surface area contributed by atoms with Crippen LogP contribution in [0.15, 0.2) is 219 Å². The Morgan fingerprint density at radius 3 is 1.31 bits per heavy atom. The summed E-state index contributed by atoms with van der Waals surface area (Å²) in [5.41, 5.74) is 12.1. The molecule has 4 heteroatoms. The summed E-state index contributed by atoms with van der Waals surface area (Å²) in [7, 11) is 0. The van der Waals surface area contributed by atoms with Crippen molar-refractivity contribution in [2.45, 2.75) is 0 Å². The summed E-state index contributed by atoms with van der Waals surface area (Å²) in [4.78, 5) is 20.3. The molecule has 0 atom stereocenters. The van der Waals surface area contributed by atoms with E-state index in [1.54, 1.807) is 0 Å². The normalized spacial score (nSPS) is 11.5. The number of aromatic nitrogens is 4. The van der Waals surface area contributed by atoms with Crippen LogP contribution in [-0.2, 0) is 0 Å². The van der Waals surface area contributed by atoms with Gasteiger partial charge in [-0.2, -0.15) is 0 Å². The van der Waals surface area contributed by atoms with Crippen LogP contribution < -0.4 is 0 Å². The Morgan fingerprint density at radius 1 is 0.274 bits per heavy atom. The van der Waals surface area contributed by atoms with Gasteiger partial charge in [-0.1, -0.05) is 158 Å². The number of pyridine rings is 2. The Bertz CT molecular complexity index is 3660. The second-order valence-electron chi connectivity index (χ2n) is 15.8. The quantitative estimate of drug-likeness (QED) is 0.158. The van der Waals surface area contributed by atoms with Gasteiger partial charge >= 0.3 is 0 Å². The second-order valence-corrected chi connectivity index (χ2v) is 15.8. The van der Waals surface area contributed by atoms with Crippen molar-refractivity contribution in [3.63, 3.8) is 0 Å². The second kappa shape index (κ2) is 14.7. The van der Waals surface area contributed by atoms with Crippen molar-refractivity contribution in [3.8, 4) is 67.4 Å². The third-order valence-corrected chi connectivity index (χ3v) is 12.2. The molecule has 0 fully saturated rings. The zero-order valence-electron chi connectivity index (χ0n) is 33.6. The smallest absolute Gasteiger partial charge is 0.160 e. The molecular formula is C58H36N4. The third kappa shape index (κ3) is 6.08. The van der Waals surface area contributed by atoms with Crippen molar-refractivity contribution < 1.29 is 0 Å². The van der Waals surface area contributed by atoms with Gasteiger partial charge in [0.2, 0.25) is 0 Å². The van der Waals surface area contributed by atoms with E-state index in [1.807, 2.05) is 48.8 Å². The summed E-state index contributed by atoms with van der Waals surface area (Å²) in [6.07, 6.45) is 3.66. The molecular weight excluding hydrogens is 753 g/mol. The van der Waals surface area contributed by atoms with Crippen molar-refractivity contribution in [2.24, 2.45) is 0 Å². The van der Waals surface area contributed by atoms with Gasteiger partial charge in [-0.25, -0.2) is 9.97 Å². The van der Waals surface area contributed by atoms with Crippen LogP contribution in [0.2, 0.25) is 0 Å². The molecule has 0 bridgehead atoms. The molecule has 0 aliphatic heterocycles. The first-order valence-corrected chi connectivity index (χ1v) is 20.9. The van der Waals surface area contributed by atoms with Crippen molar-refractivity contribution in [3.05, 3.63) is 219 Å². The molecule has 0 saturated heterocycles. The van der Waals surface area contributed by atoms with Crippen LogP contribution in [0, 0.1) is 0 Å². The summed E-state index contributed by atoms with van der Waals surface area (Å²) in [6, 6.07) is 73.3. The summed E-state index contributed by atoms with van der Waals surface area (Å²) in [6.45, 7) is 0. The monoisotopic (exact) mass is 788 g/mol. The summed E-state index contributed by atoms with van der Waals surface area (Å²) in [5.74, 6) is 0.657. The van der Waals surface area contributed by atoms with Crippen molar-refractivity contribution in [1.29, 1.82) is 0 Å². The van der Waals surface area contributed by atoms with Crippen molar-refractivity contribution in [1.82, 2.24) is 19.9 Å². The number of rotatable bonds is 6. The fourth-order valence-electron chi connectivity index (χ4n) is 9.17. The Balaban J connectivity index is 1.19. The van der Waals surface area contributed by atoms with Crippen LogP contribution in [-0.4, -0.2) is 19.9 Å². The van der Waals surface area contributed by atoms with Crippen LogP contribution in [0.4, 0.5) is 0 Å². The minimum atomic E-state index is 0.657. The predicted octanol–water partition coefficient (Wildman–Crippen LogP) is 15.0. The van der Waals surface area contributed by atoms with Gasteiger partial charge in [0, 0.05) is 45.6 Å². The average Bonchev–Trinajstić information content (AvgIpc) is 3.36. The average molecular weight is 789 g/mol. The largest absolute Gasteiger partial charge is 0.256 e. The molecule has 3 aromatic heterocycles.